The summed E-state index contributed by atoms with van der Waals surface area (Å²) in [6.45, 7) is 5.73. The Labute approximate surface area is 94.3 Å². The van der Waals surface area contributed by atoms with Crippen LogP contribution < -0.4 is 0 Å². The van der Waals surface area contributed by atoms with Gasteiger partial charge in [-0.25, -0.2) is 0 Å². The van der Waals surface area contributed by atoms with E-state index < -0.39 is 0 Å². The zero-order valence-electron chi connectivity index (χ0n) is 10.2. The molecule has 2 heteroatoms. The lowest BCUT2D eigenvalue weighted by molar-refractivity contribution is 0.0816. The maximum absolute atomic E-state index is 9.67. The minimum Gasteiger partial charge on any atom is -0.393 e. The molecule has 0 aromatic rings. The maximum atomic E-state index is 9.67. The van der Waals surface area contributed by atoms with E-state index in [1.54, 1.807) is 7.11 Å². The molecular weight excluding hydrogens is 188 g/mol. The van der Waals surface area contributed by atoms with E-state index in [-0.39, 0.29) is 12.2 Å². The highest BCUT2D eigenvalue weighted by Gasteiger charge is 2.06. The van der Waals surface area contributed by atoms with Crippen molar-refractivity contribution in [1.82, 2.24) is 0 Å². The first-order valence-electron chi connectivity index (χ1n) is 6.02. The van der Waals surface area contributed by atoms with Gasteiger partial charge >= 0.3 is 0 Å². The molecule has 1 N–H and O–H groups in total. The summed E-state index contributed by atoms with van der Waals surface area (Å²) < 4.78 is 5.14. The topological polar surface area (TPSA) is 29.5 Å². The molecule has 15 heavy (non-hydrogen) atoms. The van der Waals surface area contributed by atoms with E-state index in [2.05, 4.69) is 6.58 Å². The number of methoxy groups -OCH3 is 1. The van der Waals surface area contributed by atoms with Crippen LogP contribution in [0.1, 0.15) is 51.9 Å². The van der Waals surface area contributed by atoms with E-state index in [0.29, 0.717) is 0 Å². The van der Waals surface area contributed by atoms with Crippen LogP contribution >= 0.6 is 0 Å². The Morgan fingerprint density at radius 1 is 1.20 bits per heavy atom. The van der Waals surface area contributed by atoms with Crippen LogP contribution in [0.4, 0.5) is 0 Å². The first kappa shape index (κ1) is 14.7. The molecule has 0 saturated heterocycles. The van der Waals surface area contributed by atoms with Crippen LogP contribution in [0.2, 0.25) is 0 Å². The predicted molar refractivity (Wildman–Crippen MR) is 65.0 cm³/mol. The van der Waals surface area contributed by atoms with E-state index >= 15 is 0 Å². The Morgan fingerprint density at radius 3 is 2.53 bits per heavy atom. The van der Waals surface area contributed by atoms with Crippen molar-refractivity contribution in [3.63, 3.8) is 0 Å². The van der Waals surface area contributed by atoms with Crippen LogP contribution in [0.3, 0.4) is 0 Å². The third-order valence-corrected chi connectivity index (χ3v) is 2.75. The molecule has 0 heterocycles. The van der Waals surface area contributed by atoms with E-state index in [0.717, 1.165) is 32.1 Å². The van der Waals surface area contributed by atoms with Gasteiger partial charge in [0.25, 0.3) is 0 Å². The summed E-state index contributed by atoms with van der Waals surface area (Å²) in [7, 11) is 1.71. The first-order chi connectivity index (χ1) is 7.20. The highest BCUT2D eigenvalue weighted by atomic mass is 16.5. The molecule has 0 radical (unpaired) electrons. The van der Waals surface area contributed by atoms with Crippen LogP contribution in [-0.2, 0) is 4.74 Å². The lowest BCUT2D eigenvalue weighted by Crippen LogP contribution is -2.12. The van der Waals surface area contributed by atoms with Gasteiger partial charge in [0.2, 0.25) is 0 Å². The predicted octanol–water partition coefficient (Wildman–Crippen LogP) is 3.30. The molecule has 0 saturated carbocycles. The minimum atomic E-state index is -0.147. The largest absolute Gasteiger partial charge is 0.393 e. The van der Waals surface area contributed by atoms with E-state index in [1.807, 2.05) is 13.0 Å². The van der Waals surface area contributed by atoms with Crippen molar-refractivity contribution < 1.29 is 9.84 Å². The normalized spacial score (nSPS) is 14.9. The summed E-state index contributed by atoms with van der Waals surface area (Å²) >= 11 is 0. The Hall–Kier alpha value is -0.340. The van der Waals surface area contributed by atoms with Crippen LogP contribution in [0.5, 0.6) is 0 Å². The second-order valence-corrected chi connectivity index (χ2v) is 4.20. The average molecular weight is 214 g/mol. The summed E-state index contributed by atoms with van der Waals surface area (Å²) in [5.74, 6) is 0. The minimum absolute atomic E-state index is 0.147. The van der Waals surface area contributed by atoms with Crippen LogP contribution in [0.15, 0.2) is 12.7 Å². The molecule has 0 aromatic carbocycles. The number of rotatable bonds is 10. The molecule has 0 fully saturated rings. The lowest BCUT2D eigenvalue weighted by atomic mass is 10.0. The molecule has 90 valence electrons. The molecule has 0 amide bonds. The summed E-state index contributed by atoms with van der Waals surface area (Å²) in [6.07, 6.45) is 9.41. The quantitative estimate of drug-likeness (QED) is 0.446. The summed E-state index contributed by atoms with van der Waals surface area (Å²) in [4.78, 5) is 0. The average Bonchev–Trinajstić information content (AvgIpc) is 2.25. The van der Waals surface area contributed by atoms with Gasteiger partial charge in [0.1, 0.15) is 0 Å². The van der Waals surface area contributed by atoms with Gasteiger partial charge in [-0.2, -0.15) is 0 Å². The Bertz CT molecular complexity index is 145. The van der Waals surface area contributed by atoms with Gasteiger partial charge in [0.15, 0.2) is 0 Å². The monoisotopic (exact) mass is 214 g/mol. The maximum Gasteiger partial charge on any atom is 0.0544 e. The van der Waals surface area contributed by atoms with Crippen LogP contribution in [-0.4, -0.2) is 24.4 Å². The number of allylic oxidation sites excluding steroid dienone is 1. The lowest BCUT2D eigenvalue weighted by Gasteiger charge is -2.13. The molecule has 0 aromatic heterocycles. The smallest absolute Gasteiger partial charge is 0.0544 e. The Morgan fingerprint density at radius 2 is 1.93 bits per heavy atom. The summed E-state index contributed by atoms with van der Waals surface area (Å²) in [5, 5.41) is 9.67. The molecule has 0 aliphatic carbocycles. The van der Waals surface area contributed by atoms with Crippen LogP contribution in [0, 0.1) is 0 Å². The zero-order chi connectivity index (χ0) is 11.5. The van der Waals surface area contributed by atoms with Crippen molar-refractivity contribution in [1.29, 1.82) is 0 Å². The summed E-state index contributed by atoms with van der Waals surface area (Å²) in [5.41, 5.74) is 0. The second kappa shape index (κ2) is 10.2. The highest BCUT2D eigenvalue weighted by molar-refractivity contribution is 4.66. The fourth-order valence-electron chi connectivity index (χ4n) is 1.53. The number of aliphatic hydroxyl groups excluding tert-OH is 1. The van der Waals surface area contributed by atoms with Crippen LogP contribution in [0.25, 0.3) is 0 Å². The summed E-state index contributed by atoms with van der Waals surface area (Å²) in [6, 6.07) is 0. The molecule has 0 aliphatic heterocycles. The number of ether oxygens (including phenoxy) is 1. The molecule has 2 unspecified atom stereocenters. The van der Waals surface area contributed by atoms with E-state index in [4.69, 9.17) is 4.74 Å². The first-order valence-corrected chi connectivity index (χ1v) is 6.02. The Kier molecular flexibility index (Phi) is 9.96. The van der Waals surface area contributed by atoms with Crippen molar-refractivity contribution in [2.24, 2.45) is 0 Å². The second-order valence-electron chi connectivity index (χ2n) is 4.20. The fraction of sp³-hybridized carbons (Fsp3) is 0.846. The highest BCUT2D eigenvalue weighted by Crippen LogP contribution is 2.11. The molecule has 0 rings (SSSR count). The molecule has 0 aliphatic rings. The molecular formula is C13H26O2. The standard InChI is InChI=1S/C13H26O2/c1-4-5-6-7-8-9-13(14)11-10-12(2)15-3/h4,12-14H,1,5-11H2,2-3H3. The van der Waals surface area contributed by atoms with Gasteiger partial charge < -0.3 is 9.84 Å². The van der Waals surface area contributed by atoms with Gasteiger partial charge in [0, 0.05) is 7.11 Å². The molecule has 2 nitrogen and oxygen atoms in total. The third kappa shape index (κ3) is 9.95. The van der Waals surface area contributed by atoms with Gasteiger partial charge in [-0.05, 0) is 39.0 Å². The number of hydrogen-bond acceptors (Lipinski definition) is 2. The van der Waals surface area contributed by atoms with E-state index in [1.165, 1.54) is 12.8 Å². The van der Waals surface area contributed by atoms with Gasteiger partial charge in [0.05, 0.1) is 12.2 Å². The van der Waals surface area contributed by atoms with Crippen molar-refractivity contribution >= 4 is 0 Å². The fourth-order valence-corrected chi connectivity index (χ4v) is 1.53. The van der Waals surface area contributed by atoms with Gasteiger partial charge in [-0.3, -0.25) is 0 Å². The number of aliphatic hydroxyl groups is 1. The SMILES string of the molecule is C=CCCCCCC(O)CCC(C)OC. The van der Waals surface area contributed by atoms with Crippen molar-refractivity contribution in [3.8, 4) is 0 Å². The molecule has 0 bridgehead atoms. The zero-order valence-corrected chi connectivity index (χ0v) is 10.2. The van der Waals surface area contributed by atoms with Crippen molar-refractivity contribution in [2.45, 2.75) is 64.1 Å². The molecule has 2 atom stereocenters. The number of hydrogen-bond donors (Lipinski definition) is 1. The number of unbranched alkanes of at least 4 members (excludes halogenated alkanes) is 3. The Balaban J connectivity index is 3.25. The third-order valence-electron chi connectivity index (χ3n) is 2.75. The van der Waals surface area contributed by atoms with Gasteiger partial charge in [-0.1, -0.05) is 18.9 Å². The molecule has 0 spiro atoms. The van der Waals surface area contributed by atoms with E-state index in [9.17, 15) is 5.11 Å². The van der Waals surface area contributed by atoms with Gasteiger partial charge in [-0.15, -0.1) is 6.58 Å². The van der Waals surface area contributed by atoms with Crippen molar-refractivity contribution in [2.75, 3.05) is 7.11 Å². The van der Waals surface area contributed by atoms with Crippen molar-refractivity contribution in [3.05, 3.63) is 12.7 Å².